The second-order valence-corrected chi connectivity index (χ2v) is 10.8. The van der Waals surface area contributed by atoms with Crippen LogP contribution in [0.2, 0.25) is 0 Å². The van der Waals surface area contributed by atoms with E-state index in [1.807, 2.05) is 67.7 Å². The van der Waals surface area contributed by atoms with Crippen LogP contribution < -0.4 is 16.5 Å². The van der Waals surface area contributed by atoms with Gasteiger partial charge in [0.2, 0.25) is 0 Å². The number of anilines is 1. The second-order valence-electron chi connectivity index (χ2n) is 10.8. The van der Waals surface area contributed by atoms with Crippen molar-refractivity contribution >= 4 is 17.7 Å². The molecule has 0 saturated heterocycles. The molecule has 3 aromatic carbocycles. The molecule has 3 aromatic rings. The topological polar surface area (TPSA) is 114 Å². The van der Waals surface area contributed by atoms with Gasteiger partial charge >= 0.3 is 6.09 Å². The molecule has 8 heteroatoms. The zero-order valence-corrected chi connectivity index (χ0v) is 22.6. The van der Waals surface area contributed by atoms with E-state index in [9.17, 15) is 14.7 Å². The average Bonchev–Trinajstić information content (AvgIpc) is 2.83. The number of hydrogen-bond acceptors (Lipinski definition) is 5. The molecule has 0 aliphatic heterocycles. The molecule has 0 radical (unpaired) electrons. The van der Waals surface area contributed by atoms with Gasteiger partial charge in [0.05, 0.1) is 13.1 Å². The Morgan fingerprint density at radius 1 is 0.947 bits per heavy atom. The van der Waals surface area contributed by atoms with Crippen LogP contribution in [0.25, 0.3) is 0 Å². The normalized spacial score (nSPS) is 14.6. The third-order valence-corrected chi connectivity index (χ3v) is 5.95. The van der Waals surface area contributed by atoms with Crippen molar-refractivity contribution in [2.75, 3.05) is 19.3 Å². The van der Waals surface area contributed by atoms with E-state index in [2.05, 4.69) is 10.7 Å². The maximum absolute atomic E-state index is 13.2. The highest BCUT2D eigenvalue weighted by molar-refractivity contribution is 5.94. The van der Waals surface area contributed by atoms with Crippen molar-refractivity contribution < 1.29 is 24.0 Å². The van der Waals surface area contributed by atoms with Gasteiger partial charge in [-0.3, -0.25) is 4.79 Å². The van der Waals surface area contributed by atoms with Gasteiger partial charge in [-0.1, -0.05) is 66.7 Å². The highest BCUT2D eigenvalue weighted by Crippen LogP contribution is 2.17. The molecule has 0 heterocycles. The summed E-state index contributed by atoms with van der Waals surface area (Å²) >= 11 is 0. The number of aliphatic hydroxyl groups excluding tert-OH is 1. The van der Waals surface area contributed by atoms with Crippen LogP contribution in [0.15, 0.2) is 84.9 Å². The maximum Gasteiger partial charge on any atom is 0.407 e. The molecule has 0 aromatic heterocycles. The Labute approximate surface area is 225 Å². The Kier molecular flexibility index (Phi) is 9.50. The Bertz CT molecular complexity index is 1200. The lowest BCUT2D eigenvalue weighted by Crippen LogP contribution is -2.62. The van der Waals surface area contributed by atoms with Gasteiger partial charge in [-0.2, -0.15) is 5.43 Å². The summed E-state index contributed by atoms with van der Waals surface area (Å²) < 4.78 is 5.45. The number of amides is 2. The summed E-state index contributed by atoms with van der Waals surface area (Å²) in [6.07, 6.45) is -1.24. The molecular formula is C30H39N4O4+. The van der Waals surface area contributed by atoms with Gasteiger partial charge in [-0.15, -0.1) is 0 Å². The summed E-state index contributed by atoms with van der Waals surface area (Å²) in [5.41, 5.74) is 11.1. The Morgan fingerprint density at radius 2 is 1.55 bits per heavy atom. The van der Waals surface area contributed by atoms with E-state index in [1.165, 1.54) is 0 Å². The SMILES string of the molecule is CC(C)(C)OC(=O)N[C@@H](Cc1ccccc1)[C@@H](O)C[N+](C)(Cc1ccccc1)NC(=O)c1cccc(N)c1. The third kappa shape index (κ3) is 9.21. The van der Waals surface area contributed by atoms with Crippen molar-refractivity contribution in [1.29, 1.82) is 0 Å². The lowest BCUT2D eigenvalue weighted by Gasteiger charge is -2.37. The Morgan fingerprint density at radius 3 is 2.13 bits per heavy atom. The minimum atomic E-state index is -1.02. The van der Waals surface area contributed by atoms with Crippen LogP contribution in [0, 0.1) is 0 Å². The predicted molar refractivity (Wildman–Crippen MR) is 149 cm³/mol. The van der Waals surface area contributed by atoms with E-state index in [-0.39, 0.29) is 17.0 Å². The first-order valence-electron chi connectivity index (χ1n) is 12.7. The number of aliphatic hydroxyl groups is 1. The molecule has 3 atom stereocenters. The van der Waals surface area contributed by atoms with Gasteiger partial charge < -0.3 is 20.9 Å². The van der Waals surface area contributed by atoms with Gasteiger partial charge in [-0.25, -0.2) is 9.39 Å². The van der Waals surface area contributed by atoms with E-state index in [0.29, 0.717) is 24.2 Å². The first-order chi connectivity index (χ1) is 17.9. The van der Waals surface area contributed by atoms with Crippen molar-refractivity contribution in [3.05, 3.63) is 102 Å². The van der Waals surface area contributed by atoms with E-state index in [4.69, 9.17) is 10.5 Å². The van der Waals surface area contributed by atoms with E-state index >= 15 is 0 Å². The third-order valence-electron chi connectivity index (χ3n) is 5.95. The number of nitrogens with two attached hydrogens (primary N) is 1. The number of nitrogens with one attached hydrogen (secondary N) is 2. The van der Waals surface area contributed by atoms with Gasteiger partial charge in [0, 0.05) is 16.8 Å². The Balaban J connectivity index is 1.86. The number of alkyl carbamates (subject to hydrolysis) is 1. The minimum absolute atomic E-state index is 0.0138. The fraction of sp³-hybridized carbons (Fsp3) is 0.333. The number of carbonyl (C=O) groups excluding carboxylic acids is 2. The summed E-state index contributed by atoms with van der Waals surface area (Å²) in [5, 5.41) is 14.4. The average molecular weight is 520 g/mol. The largest absolute Gasteiger partial charge is 0.444 e. The van der Waals surface area contributed by atoms with Gasteiger partial charge in [0.25, 0.3) is 5.91 Å². The summed E-state index contributed by atoms with van der Waals surface area (Å²) in [6.45, 7) is 5.89. The molecule has 202 valence electrons. The monoisotopic (exact) mass is 519 g/mol. The van der Waals surface area contributed by atoms with Crippen LogP contribution >= 0.6 is 0 Å². The fourth-order valence-electron chi connectivity index (χ4n) is 4.28. The maximum atomic E-state index is 13.2. The van der Waals surface area contributed by atoms with Crippen molar-refractivity contribution in [2.45, 2.75) is 51.5 Å². The highest BCUT2D eigenvalue weighted by atomic mass is 16.6. The molecule has 2 amide bonds. The molecule has 0 aliphatic carbocycles. The number of rotatable bonds is 10. The smallest absolute Gasteiger partial charge is 0.407 e. The first-order valence-corrected chi connectivity index (χ1v) is 12.7. The number of ether oxygens (including phenoxy) is 1. The van der Waals surface area contributed by atoms with E-state index in [1.54, 1.807) is 45.0 Å². The summed E-state index contributed by atoms with van der Waals surface area (Å²) in [7, 11) is 1.84. The standard InChI is InChI=1S/C30H38N4O4/c1-30(2,3)38-29(37)32-26(18-22-12-7-5-8-13-22)27(35)21-34(4,20-23-14-9-6-10-15-23)33-28(36)24-16-11-17-25(31)19-24/h5-17,19,26-27,35H,18,20-21,31H2,1-4H3,(H-,32,33,36,37)/p+1/t26-,27-,34?/m0/s1. The fourth-order valence-corrected chi connectivity index (χ4v) is 4.28. The number of likely N-dealkylation sites (N-methyl/N-ethyl adjacent to an activating group) is 1. The molecule has 8 nitrogen and oxygen atoms in total. The molecule has 0 saturated carbocycles. The molecule has 0 aliphatic rings. The van der Waals surface area contributed by atoms with Crippen molar-refractivity contribution in [3.63, 3.8) is 0 Å². The number of benzene rings is 3. The lowest BCUT2D eigenvalue weighted by molar-refractivity contribution is -0.958. The molecule has 0 fully saturated rings. The summed E-state index contributed by atoms with van der Waals surface area (Å²) in [5.74, 6) is -0.317. The Hall–Kier alpha value is -3.88. The van der Waals surface area contributed by atoms with E-state index in [0.717, 1.165) is 11.1 Å². The molecule has 0 bridgehead atoms. The molecule has 3 rings (SSSR count). The molecule has 0 spiro atoms. The molecule has 38 heavy (non-hydrogen) atoms. The minimum Gasteiger partial charge on any atom is -0.444 e. The van der Waals surface area contributed by atoms with Crippen LogP contribution in [-0.4, -0.2) is 53.0 Å². The number of nitrogens with zero attached hydrogens (tertiary/aromatic N) is 1. The zero-order valence-electron chi connectivity index (χ0n) is 22.6. The number of hydrogen-bond donors (Lipinski definition) is 4. The summed E-state index contributed by atoms with van der Waals surface area (Å²) in [4.78, 5) is 25.9. The molecule has 1 unspecified atom stereocenters. The number of quaternary nitrogens is 1. The van der Waals surface area contributed by atoms with Gasteiger partial charge in [0.1, 0.15) is 24.8 Å². The quantitative estimate of drug-likeness (QED) is 0.183. The van der Waals surface area contributed by atoms with Crippen molar-refractivity contribution in [2.24, 2.45) is 0 Å². The van der Waals surface area contributed by atoms with Gasteiger partial charge in [0.15, 0.2) is 0 Å². The van der Waals surface area contributed by atoms with Crippen LogP contribution in [-0.2, 0) is 17.7 Å². The molecule has 5 N–H and O–H groups in total. The summed E-state index contributed by atoms with van der Waals surface area (Å²) in [6, 6.07) is 25.4. The van der Waals surface area contributed by atoms with Crippen LogP contribution in [0.1, 0.15) is 42.3 Å². The van der Waals surface area contributed by atoms with Crippen LogP contribution in [0.4, 0.5) is 10.5 Å². The van der Waals surface area contributed by atoms with Crippen molar-refractivity contribution in [1.82, 2.24) is 10.7 Å². The highest BCUT2D eigenvalue weighted by Gasteiger charge is 2.34. The predicted octanol–water partition coefficient (Wildman–Crippen LogP) is 4.06. The zero-order chi connectivity index (χ0) is 27.8. The lowest BCUT2D eigenvalue weighted by atomic mass is 10.0. The molecular weight excluding hydrogens is 480 g/mol. The van der Waals surface area contributed by atoms with Crippen molar-refractivity contribution in [3.8, 4) is 0 Å². The number of carbonyl (C=O) groups is 2. The second kappa shape index (κ2) is 12.6. The number of nitrogen functional groups attached to an aromatic ring is 1. The van der Waals surface area contributed by atoms with Crippen LogP contribution in [0.5, 0.6) is 0 Å². The van der Waals surface area contributed by atoms with Crippen LogP contribution in [0.3, 0.4) is 0 Å². The first kappa shape index (κ1) is 28.7. The van der Waals surface area contributed by atoms with Gasteiger partial charge in [-0.05, 0) is 51.0 Å². The van der Waals surface area contributed by atoms with E-state index < -0.39 is 23.8 Å².